The maximum Gasteiger partial charge on any atom is 0.266 e. The Kier molecular flexibility index (Phi) is 8.25. The molecule has 0 atom stereocenters. The predicted molar refractivity (Wildman–Crippen MR) is 129 cm³/mol. The molecule has 0 aliphatic rings. The van der Waals surface area contributed by atoms with Gasteiger partial charge in [-0.1, -0.05) is 30.3 Å². The van der Waals surface area contributed by atoms with Crippen molar-refractivity contribution in [3.63, 3.8) is 0 Å². The van der Waals surface area contributed by atoms with Crippen molar-refractivity contribution in [1.82, 2.24) is 0 Å². The van der Waals surface area contributed by atoms with Gasteiger partial charge in [-0.25, -0.2) is 0 Å². The van der Waals surface area contributed by atoms with Gasteiger partial charge in [-0.2, -0.15) is 5.26 Å². The first kappa shape index (κ1) is 23.9. The third-order valence-corrected chi connectivity index (χ3v) is 4.67. The number of hydrogen-bond acceptors (Lipinski definition) is 6. The van der Waals surface area contributed by atoms with E-state index in [0.29, 0.717) is 34.2 Å². The average Bonchev–Trinajstić information content (AvgIpc) is 2.87. The third-order valence-electron chi connectivity index (χ3n) is 4.67. The van der Waals surface area contributed by atoms with Crippen molar-refractivity contribution in [3.05, 3.63) is 83.9 Å². The van der Waals surface area contributed by atoms with E-state index in [9.17, 15) is 14.9 Å². The number of para-hydroxylation sites is 3. The molecule has 0 bridgehead atoms. The molecule has 2 amide bonds. The molecule has 0 aromatic heterocycles. The molecule has 3 aromatic carbocycles. The second kappa shape index (κ2) is 11.7. The summed E-state index contributed by atoms with van der Waals surface area (Å²) in [7, 11) is 3.06. The van der Waals surface area contributed by atoms with Crippen molar-refractivity contribution >= 4 is 29.3 Å². The topological polar surface area (TPSA) is 110 Å². The fourth-order valence-corrected chi connectivity index (χ4v) is 2.99. The summed E-state index contributed by atoms with van der Waals surface area (Å²) in [5.74, 6) is 0.565. The van der Waals surface area contributed by atoms with Gasteiger partial charge in [0.05, 0.1) is 19.9 Å². The van der Waals surface area contributed by atoms with Crippen LogP contribution in [0, 0.1) is 11.3 Å². The van der Waals surface area contributed by atoms with Crippen LogP contribution in [0.3, 0.4) is 0 Å². The summed E-state index contributed by atoms with van der Waals surface area (Å²) in [6.45, 7) is -0.275. The number of nitriles is 1. The summed E-state index contributed by atoms with van der Waals surface area (Å²) in [4.78, 5) is 25.0. The van der Waals surface area contributed by atoms with Crippen LogP contribution in [0.1, 0.15) is 5.56 Å². The molecular weight excluding hydrogens is 434 g/mol. The number of rotatable bonds is 9. The summed E-state index contributed by atoms with van der Waals surface area (Å²) in [5, 5.41) is 14.9. The smallest absolute Gasteiger partial charge is 0.266 e. The van der Waals surface area contributed by atoms with Gasteiger partial charge in [0.1, 0.15) is 28.9 Å². The predicted octanol–water partition coefficient (Wildman–Crippen LogP) is 4.27. The summed E-state index contributed by atoms with van der Waals surface area (Å²) in [6.07, 6.45) is 1.41. The maximum absolute atomic E-state index is 12.6. The zero-order chi connectivity index (χ0) is 24.3. The van der Waals surface area contributed by atoms with E-state index in [0.717, 1.165) is 0 Å². The molecule has 34 heavy (non-hydrogen) atoms. The average molecular weight is 457 g/mol. The Hall–Kier alpha value is -4.77. The van der Waals surface area contributed by atoms with E-state index in [2.05, 4.69) is 10.6 Å². The van der Waals surface area contributed by atoms with Crippen LogP contribution in [-0.2, 0) is 9.59 Å². The summed E-state index contributed by atoms with van der Waals surface area (Å²) >= 11 is 0. The lowest BCUT2D eigenvalue weighted by atomic mass is 10.1. The summed E-state index contributed by atoms with van der Waals surface area (Å²) in [5.41, 5.74) is 1.40. The molecule has 0 saturated carbocycles. The van der Waals surface area contributed by atoms with Gasteiger partial charge < -0.3 is 24.8 Å². The number of amides is 2. The van der Waals surface area contributed by atoms with Gasteiger partial charge >= 0.3 is 0 Å². The van der Waals surface area contributed by atoms with Crippen molar-refractivity contribution in [3.8, 4) is 23.3 Å². The van der Waals surface area contributed by atoms with Crippen LogP contribution < -0.4 is 24.8 Å². The molecule has 0 unspecified atom stereocenters. The van der Waals surface area contributed by atoms with Gasteiger partial charge in [-0.3, -0.25) is 9.59 Å². The number of ether oxygens (including phenoxy) is 3. The lowest BCUT2D eigenvalue weighted by Gasteiger charge is -2.12. The number of carbonyl (C=O) groups excluding carboxylic acids is 2. The SMILES string of the molecule is COc1ccc(NC(=O)/C(C#N)=C\c2ccccc2OCC(=O)Nc2ccccc2OC)cc1. The zero-order valence-electron chi connectivity index (χ0n) is 18.7. The Balaban J connectivity index is 1.69. The van der Waals surface area contributed by atoms with Gasteiger partial charge in [0.25, 0.3) is 11.8 Å². The van der Waals surface area contributed by atoms with Crippen LogP contribution in [0.2, 0.25) is 0 Å². The molecule has 8 heteroatoms. The number of nitrogens with zero attached hydrogens (tertiary/aromatic N) is 1. The first-order valence-electron chi connectivity index (χ1n) is 10.3. The molecule has 0 spiro atoms. The highest BCUT2D eigenvalue weighted by molar-refractivity contribution is 6.09. The standard InChI is InChI=1S/C26H23N3O5/c1-32-21-13-11-20(12-14-21)28-26(31)19(16-27)15-18-7-3-5-9-23(18)34-17-25(30)29-22-8-4-6-10-24(22)33-2/h3-15H,17H2,1-2H3,(H,28,31)(H,29,30)/b19-15-. The van der Waals surface area contributed by atoms with E-state index in [4.69, 9.17) is 14.2 Å². The summed E-state index contributed by atoms with van der Waals surface area (Å²) in [6, 6.07) is 22.5. The molecule has 0 aliphatic heterocycles. The Labute approximate surface area is 197 Å². The Morgan fingerprint density at radius 1 is 0.882 bits per heavy atom. The minimum absolute atomic E-state index is 0.120. The number of nitrogens with one attached hydrogen (secondary N) is 2. The number of carbonyl (C=O) groups is 2. The molecule has 0 aliphatic carbocycles. The second-order valence-corrected chi connectivity index (χ2v) is 6.93. The largest absolute Gasteiger partial charge is 0.497 e. The Morgan fingerprint density at radius 3 is 2.24 bits per heavy atom. The molecule has 172 valence electrons. The Morgan fingerprint density at radius 2 is 1.56 bits per heavy atom. The van der Waals surface area contributed by atoms with E-state index in [-0.39, 0.29) is 18.1 Å². The maximum atomic E-state index is 12.6. The number of anilines is 2. The third kappa shape index (κ3) is 6.37. The van der Waals surface area contributed by atoms with E-state index in [1.165, 1.54) is 13.2 Å². The fourth-order valence-electron chi connectivity index (χ4n) is 2.99. The molecule has 0 heterocycles. The van der Waals surface area contributed by atoms with E-state index >= 15 is 0 Å². The van der Waals surface area contributed by atoms with Crippen LogP contribution in [0.4, 0.5) is 11.4 Å². The molecule has 0 fully saturated rings. The van der Waals surface area contributed by atoms with Crippen molar-refractivity contribution in [2.45, 2.75) is 0 Å². The lowest BCUT2D eigenvalue weighted by molar-refractivity contribution is -0.118. The Bertz CT molecular complexity index is 1230. The molecule has 3 rings (SSSR count). The number of benzene rings is 3. The van der Waals surface area contributed by atoms with Crippen LogP contribution in [0.25, 0.3) is 6.08 Å². The quantitative estimate of drug-likeness (QED) is 0.367. The first-order chi connectivity index (χ1) is 16.5. The van der Waals surface area contributed by atoms with Crippen molar-refractivity contribution in [2.24, 2.45) is 0 Å². The van der Waals surface area contributed by atoms with Gasteiger partial charge in [-0.05, 0) is 48.5 Å². The van der Waals surface area contributed by atoms with Gasteiger partial charge in [0.2, 0.25) is 0 Å². The second-order valence-electron chi connectivity index (χ2n) is 6.93. The van der Waals surface area contributed by atoms with Crippen LogP contribution in [-0.4, -0.2) is 32.6 Å². The van der Waals surface area contributed by atoms with Crippen LogP contribution in [0.15, 0.2) is 78.4 Å². The van der Waals surface area contributed by atoms with Gasteiger partial charge in [-0.15, -0.1) is 0 Å². The first-order valence-corrected chi connectivity index (χ1v) is 10.3. The highest BCUT2D eigenvalue weighted by atomic mass is 16.5. The number of hydrogen-bond donors (Lipinski definition) is 2. The molecule has 0 saturated heterocycles. The number of methoxy groups -OCH3 is 2. The minimum atomic E-state index is -0.573. The highest BCUT2D eigenvalue weighted by Gasteiger charge is 2.13. The highest BCUT2D eigenvalue weighted by Crippen LogP contribution is 2.24. The van der Waals surface area contributed by atoms with Crippen molar-refractivity contribution < 1.29 is 23.8 Å². The normalized spacial score (nSPS) is 10.6. The fraction of sp³-hybridized carbons (Fsp3) is 0.115. The summed E-state index contributed by atoms with van der Waals surface area (Å²) < 4.78 is 16.0. The van der Waals surface area contributed by atoms with Crippen LogP contribution >= 0.6 is 0 Å². The molecule has 8 nitrogen and oxygen atoms in total. The molecule has 2 N–H and O–H groups in total. The van der Waals surface area contributed by atoms with E-state index in [1.807, 2.05) is 6.07 Å². The molecular formula is C26H23N3O5. The van der Waals surface area contributed by atoms with Gasteiger partial charge in [0.15, 0.2) is 6.61 Å². The minimum Gasteiger partial charge on any atom is -0.497 e. The van der Waals surface area contributed by atoms with Crippen molar-refractivity contribution in [2.75, 3.05) is 31.5 Å². The van der Waals surface area contributed by atoms with Crippen molar-refractivity contribution in [1.29, 1.82) is 5.26 Å². The van der Waals surface area contributed by atoms with Crippen LogP contribution in [0.5, 0.6) is 17.2 Å². The van der Waals surface area contributed by atoms with E-state index in [1.54, 1.807) is 79.9 Å². The monoisotopic (exact) mass is 457 g/mol. The molecule has 0 radical (unpaired) electrons. The zero-order valence-corrected chi connectivity index (χ0v) is 18.7. The molecule has 3 aromatic rings. The lowest BCUT2D eigenvalue weighted by Crippen LogP contribution is -2.20. The van der Waals surface area contributed by atoms with Gasteiger partial charge in [0, 0.05) is 11.3 Å². The van der Waals surface area contributed by atoms with E-state index < -0.39 is 5.91 Å².